The lowest BCUT2D eigenvalue weighted by atomic mass is 10.3. The molecule has 2 nitrogen and oxygen atoms in total. The van der Waals surface area contributed by atoms with E-state index in [-0.39, 0.29) is 0 Å². The van der Waals surface area contributed by atoms with Gasteiger partial charge in [0.05, 0.1) is 0 Å². The lowest BCUT2D eigenvalue weighted by Gasteiger charge is -2.17. The van der Waals surface area contributed by atoms with Gasteiger partial charge in [-0.25, -0.2) is 0 Å². The van der Waals surface area contributed by atoms with Crippen molar-refractivity contribution in [1.29, 1.82) is 0 Å². The van der Waals surface area contributed by atoms with Gasteiger partial charge in [-0.15, -0.1) is 11.6 Å². The van der Waals surface area contributed by atoms with Crippen LogP contribution in [0.1, 0.15) is 13.8 Å². The van der Waals surface area contributed by atoms with E-state index in [0.717, 1.165) is 6.92 Å². The second kappa shape index (κ2) is 3.98. The molecule has 0 saturated heterocycles. The molecule has 0 aromatic heterocycles. The number of nitrogens with one attached hydrogen (secondary N) is 1. The summed E-state index contributed by atoms with van der Waals surface area (Å²) in [7, 11) is 0. The Hall–Kier alpha value is -0.450. The van der Waals surface area contributed by atoms with Crippen LogP contribution in [0, 0.1) is 0 Å². The summed E-state index contributed by atoms with van der Waals surface area (Å²) in [6, 6.07) is -1.86. The van der Waals surface area contributed by atoms with Gasteiger partial charge in [0.25, 0.3) is 0 Å². The van der Waals surface area contributed by atoms with Gasteiger partial charge in [0.2, 0.25) is 5.91 Å². The average Bonchev–Trinajstić information content (AvgIpc) is 1.85. The molecule has 72 valence electrons. The van der Waals surface area contributed by atoms with E-state index >= 15 is 0 Å². The minimum Gasteiger partial charge on any atom is -0.343 e. The average molecular weight is 204 g/mol. The highest BCUT2D eigenvalue weighted by Gasteiger charge is 2.37. The minimum absolute atomic E-state index is 0.818. The SMILES string of the molecule is CC(Cl)C(=O)NC(C)C(F)(F)F. The predicted molar refractivity (Wildman–Crippen MR) is 39.0 cm³/mol. The molecule has 0 radical (unpaired) electrons. The molecule has 0 rings (SSSR count). The lowest BCUT2D eigenvalue weighted by molar-refractivity contribution is -0.157. The Morgan fingerprint density at radius 1 is 1.42 bits per heavy atom. The van der Waals surface area contributed by atoms with Crippen molar-refractivity contribution in [2.45, 2.75) is 31.4 Å². The summed E-state index contributed by atoms with van der Waals surface area (Å²) < 4.78 is 35.4. The summed E-state index contributed by atoms with van der Waals surface area (Å²) in [6.45, 7) is 2.16. The summed E-state index contributed by atoms with van der Waals surface area (Å²) in [4.78, 5) is 10.7. The number of halogens is 4. The van der Waals surface area contributed by atoms with Crippen molar-refractivity contribution >= 4 is 17.5 Å². The van der Waals surface area contributed by atoms with Crippen LogP contribution in [0.4, 0.5) is 13.2 Å². The highest BCUT2D eigenvalue weighted by Crippen LogP contribution is 2.19. The Kier molecular flexibility index (Phi) is 3.83. The fraction of sp³-hybridized carbons (Fsp3) is 0.833. The van der Waals surface area contributed by atoms with E-state index in [4.69, 9.17) is 11.6 Å². The van der Waals surface area contributed by atoms with Gasteiger partial charge in [-0.1, -0.05) is 0 Å². The van der Waals surface area contributed by atoms with Gasteiger partial charge in [0.1, 0.15) is 11.4 Å². The van der Waals surface area contributed by atoms with Crippen LogP contribution in [0.3, 0.4) is 0 Å². The number of hydrogen-bond donors (Lipinski definition) is 1. The number of alkyl halides is 4. The van der Waals surface area contributed by atoms with Crippen molar-refractivity contribution < 1.29 is 18.0 Å². The Bertz CT molecular complexity index is 169. The van der Waals surface area contributed by atoms with Crippen molar-refractivity contribution in [3.8, 4) is 0 Å². The Labute approximate surface area is 73.1 Å². The summed E-state index contributed by atoms with van der Waals surface area (Å²) in [6.07, 6.45) is -4.42. The molecule has 0 saturated carbocycles. The molecule has 0 aliphatic rings. The topological polar surface area (TPSA) is 29.1 Å². The van der Waals surface area contributed by atoms with Crippen LogP contribution in [0.25, 0.3) is 0 Å². The molecular formula is C6H9ClF3NO. The van der Waals surface area contributed by atoms with E-state index in [1.807, 2.05) is 0 Å². The van der Waals surface area contributed by atoms with Crippen LogP contribution >= 0.6 is 11.6 Å². The molecule has 0 heterocycles. The highest BCUT2D eigenvalue weighted by atomic mass is 35.5. The molecule has 1 amide bonds. The zero-order valence-corrected chi connectivity index (χ0v) is 7.33. The van der Waals surface area contributed by atoms with Crippen molar-refractivity contribution in [1.82, 2.24) is 5.32 Å². The molecule has 0 aliphatic heterocycles. The largest absolute Gasteiger partial charge is 0.408 e. The van der Waals surface area contributed by atoms with E-state index in [1.54, 1.807) is 5.32 Å². The zero-order valence-electron chi connectivity index (χ0n) is 6.57. The molecule has 12 heavy (non-hydrogen) atoms. The molecule has 0 aliphatic carbocycles. The normalized spacial score (nSPS) is 16.8. The van der Waals surface area contributed by atoms with Gasteiger partial charge >= 0.3 is 6.18 Å². The first kappa shape index (κ1) is 11.6. The van der Waals surface area contributed by atoms with Gasteiger partial charge in [0, 0.05) is 0 Å². The number of carbonyl (C=O) groups is 1. The fourth-order valence-electron chi connectivity index (χ4n) is 0.410. The van der Waals surface area contributed by atoms with E-state index in [9.17, 15) is 18.0 Å². The molecule has 0 bridgehead atoms. The Balaban J connectivity index is 4.02. The Morgan fingerprint density at radius 3 is 2.08 bits per heavy atom. The number of amides is 1. The van der Waals surface area contributed by atoms with E-state index in [1.165, 1.54) is 6.92 Å². The third-order valence-electron chi connectivity index (χ3n) is 1.21. The van der Waals surface area contributed by atoms with Crippen LogP contribution in [-0.2, 0) is 4.79 Å². The lowest BCUT2D eigenvalue weighted by Crippen LogP contribution is -2.45. The predicted octanol–water partition coefficient (Wildman–Crippen LogP) is 1.68. The van der Waals surface area contributed by atoms with Crippen LogP contribution in [0.15, 0.2) is 0 Å². The number of rotatable bonds is 2. The zero-order chi connectivity index (χ0) is 9.94. The maximum atomic E-state index is 11.8. The summed E-state index contributed by atoms with van der Waals surface area (Å²) in [5.41, 5.74) is 0. The van der Waals surface area contributed by atoms with Crippen LogP contribution < -0.4 is 5.32 Å². The first-order valence-corrected chi connectivity index (χ1v) is 3.70. The van der Waals surface area contributed by atoms with E-state index < -0.39 is 23.5 Å². The molecule has 0 aromatic rings. The molecule has 0 aromatic carbocycles. The maximum absolute atomic E-state index is 11.8. The van der Waals surface area contributed by atoms with Gasteiger partial charge in [-0.2, -0.15) is 13.2 Å². The van der Waals surface area contributed by atoms with Crippen molar-refractivity contribution in [2.75, 3.05) is 0 Å². The van der Waals surface area contributed by atoms with Crippen molar-refractivity contribution in [3.05, 3.63) is 0 Å². The molecule has 0 fully saturated rings. The number of hydrogen-bond acceptors (Lipinski definition) is 1. The minimum atomic E-state index is -4.42. The third-order valence-corrected chi connectivity index (χ3v) is 1.41. The molecule has 2 atom stereocenters. The van der Waals surface area contributed by atoms with Gasteiger partial charge < -0.3 is 5.32 Å². The molecule has 1 N–H and O–H groups in total. The molecular weight excluding hydrogens is 195 g/mol. The first-order valence-electron chi connectivity index (χ1n) is 3.26. The number of carbonyl (C=O) groups excluding carboxylic acids is 1. The summed E-state index contributed by atoms with van der Waals surface area (Å²) >= 11 is 5.24. The van der Waals surface area contributed by atoms with Gasteiger partial charge in [-0.05, 0) is 13.8 Å². The standard InChI is InChI=1S/C6H9ClF3NO/c1-3(7)5(12)11-4(2)6(8,9)10/h3-4H,1-2H3,(H,11,12). The maximum Gasteiger partial charge on any atom is 0.408 e. The quantitative estimate of drug-likeness (QED) is 0.680. The highest BCUT2D eigenvalue weighted by molar-refractivity contribution is 6.30. The smallest absolute Gasteiger partial charge is 0.343 e. The van der Waals surface area contributed by atoms with Crippen LogP contribution in [-0.4, -0.2) is 23.5 Å². The molecule has 6 heteroatoms. The molecule has 0 spiro atoms. The summed E-state index contributed by atoms with van der Waals surface area (Å²) in [5, 5.41) is 0.774. The van der Waals surface area contributed by atoms with E-state index in [0.29, 0.717) is 0 Å². The summed E-state index contributed by atoms with van der Waals surface area (Å²) in [5.74, 6) is -0.818. The van der Waals surface area contributed by atoms with Gasteiger partial charge in [0.15, 0.2) is 0 Å². The Morgan fingerprint density at radius 2 is 1.83 bits per heavy atom. The van der Waals surface area contributed by atoms with Crippen molar-refractivity contribution in [3.63, 3.8) is 0 Å². The second-order valence-corrected chi connectivity index (χ2v) is 3.04. The first-order chi connectivity index (χ1) is 5.25. The fourth-order valence-corrected chi connectivity index (χ4v) is 0.473. The molecule has 2 unspecified atom stereocenters. The monoisotopic (exact) mass is 203 g/mol. The second-order valence-electron chi connectivity index (χ2n) is 2.39. The van der Waals surface area contributed by atoms with Crippen molar-refractivity contribution in [2.24, 2.45) is 0 Å². The third kappa shape index (κ3) is 3.80. The van der Waals surface area contributed by atoms with E-state index in [2.05, 4.69) is 0 Å². The van der Waals surface area contributed by atoms with Crippen LogP contribution in [0.5, 0.6) is 0 Å². The van der Waals surface area contributed by atoms with Gasteiger partial charge in [-0.3, -0.25) is 4.79 Å². The van der Waals surface area contributed by atoms with Crippen LogP contribution in [0.2, 0.25) is 0 Å².